The molecule has 0 bridgehead atoms. The van der Waals surface area contributed by atoms with Gasteiger partial charge in [-0.1, -0.05) is 12.1 Å². The van der Waals surface area contributed by atoms with Crippen LogP contribution in [0, 0.1) is 6.57 Å². The number of rotatable bonds is 0. The fourth-order valence-corrected chi connectivity index (χ4v) is 1.85. The molecule has 0 saturated heterocycles. The zero-order valence-corrected chi connectivity index (χ0v) is 8.38. The highest BCUT2D eigenvalue weighted by atomic mass is 14.7. The van der Waals surface area contributed by atoms with Gasteiger partial charge in [0.05, 0.1) is 17.6 Å². The molecule has 0 radical (unpaired) electrons. The third kappa shape index (κ3) is 1.14. The van der Waals surface area contributed by atoms with Crippen LogP contribution in [0.2, 0.25) is 0 Å². The van der Waals surface area contributed by atoms with Gasteiger partial charge in [0, 0.05) is 17.8 Å². The molecule has 2 heterocycles. The Bertz CT molecular complexity index is 726. The molecule has 0 spiro atoms. The molecule has 0 atom stereocenters. The van der Waals surface area contributed by atoms with E-state index in [1.807, 2.05) is 30.3 Å². The molecule has 0 fully saturated rings. The summed E-state index contributed by atoms with van der Waals surface area (Å²) in [5.74, 6) is 0. The van der Waals surface area contributed by atoms with Crippen LogP contribution in [0.4, 0.5) is 5.69 Å². The molecule has 3 nitrogen and oxygen atoms in total. The van der Waals surface area contributed by atoms with Crippen molar-refractivity contribution in [1.82, 2.24) is 9.97 Å². The first-order valence-electron chi connectivity index (χ1n) is 4.90. The highest BCUT2D eigenvalue weighted by molar-refractivity contribution is 6.09. The van der Waals surface area contributed by atoms with Gasteiger partial charge < -0.3 is 0 Å². The van der Waals surface area contributed by atoms with Crippen LogP contribution in [-0.2, 0) is 0 Å². The Morgan fingerprint density at radius 2 is 1.75 bits per heavy atom. The SMILES string of the molecule is [C-]#[N+]c1cc2cccnc2c2ncccc12. The molecule has 1 aromatic carbocycles. The van der Waals surface area contributed by atoms with Crippen molar-refractivity contribution in [3.05, 3.63) is 54.1 Å². The van der Waals surface area contributed by atoms with Crippen molar-refractivity contribution < 1.29 is 0 Å². The molecule has 3 heteroatoms. The third-order valence-corrected chi connectivity index (χ3v) is 2.56. The summed E-state index contributed by atoms with van der Waals surface area (Å²) in [7, 11) is 0. The minimum Gasteiger partial charge on any atom is -0.255 e. The Labute approximate surface area is 92.2 Å². The molecule has 2 aromatic heterocycles. The summed E-state index contributed by atoms with van der Waals surface area (Å²) in [5, 5.41) is 1.82. The maximum atomic E-state index is 7.18. The predicted molar refractivity (Wildman–Crippen MR) is 63.3 cm³/mol. The maximum absolute atomic E-state index is 7.18. The van der Waals surface area contributed by atoms with E-state index < -0.39 is 0 Å². The lowest BCUT2D eigenvalue weighted by Gasteiger charge is -2.03. The number of hydrogen-bond donors (Lipinski definition) is 0. The zero-order chi connectivity index (χ0) is 11.0. The lowest BCUT2D eigenvalue weighted by atomic mass is 10.1. The number of benzene rings is 1. The largest absolute Gasteiger partial charge is 0.255 e. The van der Waals surface area contributed by atoms with Gasteiger partial charge in [0.25, 0.3) is 0 Å². The van der Waals surface area contributed by atoms with E-state index in [1.54, 1.807) is 12.4 Å². The standard InChI is InChI=1S/C13H7N3/c1-14-11-8-9-4-2-6-15-12(9)13-10(11)5-3-7-16-13/h2-8H. The molecule has 3 rings (SSSR count). The van der Waals surface area contributed by atoms with Gasteiger partial charge >= 0.3 is 0 Å². The Kier molecular flexibility index (Phi) is 1.81. The molecule has 0 amide bonds. The average Bonchev–Trinajstić information content (AvgIpc) is 2.38. The molecule has 0 N–H and O–H groups in total. The number of hydrogen-bond acceptors (Lipinski definition) is 2. The van der Waals surface area contributed by atoms with E-state index in [0.29, 0.717) is 5.69 Å². The molecular weight excluding hydrogens is 198 g/mol. The van der Waals surface area contributed by atoms with Gasteiger partial charge in [-0.25, -0.2) is 4.85 Å². The van der Waals surface area contributed by atoms with Crippen LogP contribution in [0.3, 0.4) is 0 Å². The monoisotopic (exact) mass is 205 g/mol. The van der Waals surface area contributed by atoms with Gasteiger partial charge in [-0.15, -0.1) is 0 Å². The second kappa shape index (κ2) is 3.28. The van der Waals surface area contributed by atoms with Gasteiger partial charge in [-0.05, 0) is 23.6 Å². The molecular formula is C13H7N3. The number of fused-ring (bicyclic) bond motifs is 3. The fraction of sp³-hybridized carbons (Fsp3) is 0. The van der Waals surface area contributed by atoms with Crippen molar-refractivity contribution in [2.24, 2.45) is 0 Å². The molecule has 0 aliphatic heterocycles. The first-order valence-corrected chi connectivity index (χ1v) is 4.90. The van der Waals surface area contributed by atoms with Crippen molar-refractivity contribution in [3.8, 4) is 0 Å². The Hall–Kier alpha value is -2.47. The normalized spacial score (nSPS) is 10.4. The molecule has 0 saturated carbocycles. The van der Waals surface area contributed by atoms with Crippen LogP contribution in [0.15, 0.2) is 42.7 Å². The number of pyridine rings is 2. The quantitative estimate of drug-likeness (QED) is 0.416. The molecule has 74 valence electrons. The Morgan fingerprint density at radius 3 is 2.56 bits per heavy atom. The van der Waals surface area contributed by atoms with Crippen molar-refractivity contribution >= 4 is 27.5 Å². The summed E-state index contributed by atoms with van der Waals surface area (Å²) < 4.78 is 0. The molecule has 0 aliphatic carbocycles. The van der Waals surface area contributed by atoms with Crippen molar-refractivity contribution in [2.45, 2.75) is 0 Å². The lowest BCUT2D eigenvalue weighted by Crippen LogP contribution is -1.84. The zero-order valence-electron chi connectivity index (χ0n) is 8.38. The van der Waals surface area contributed by atoms with Gasteiger partial charge in [-0.2, -0.15) is 0 Å². The summed E-state index contributed by atoms with van der Waals surface area (Å²) in [6, 6.07) is 9.42. The van der Waals surface area contributed by atoms with E-state index in [0.717, 1.165) is 21.8 Å². The van der Waals surface area contributed by atoms with Crippen molar-refractivity contribution in [2.75, 3.05) is 0 Å². The summed E-state index contributed by atoms with van der Waals surface area (Å²) in [4.78, 5) is 12.2. The van der Waals surface area contributed by atoms with Crippen LogP contribution in [0.25, 0.3) is 26.7 Å². The summed E-state index contributed by atoms with van der Waals surface area (Å²) in [6.07, 6.45) is 3.47. The van der Waals surface area contributed by atoms with Crippen LogP contribution >= 0.6 is 0 Å². The van der Waals surface area contributed by atoms with Crippen LogP contribution in [0.1, 0.15) is 0 Å². The van der Waals surface area contributed by atoms with E-state index >= 15 is 0 Å². The third-order valence-electron chi connectivity index (χ3n) is 2.56. The topological polar surface area (TPSA) is 30.1 Å². The van der Waals surface area contributed by atoms with E-state index in [-0.39, 0.29) is 0 Å². The van der Waals surface area contributed by atoms with Crippen LogP contribution in [-0.4, -0.2) is 9.97 Å². The second-order valence-electron chi connectivity index (χ2n) is 3.48. The Balaban J connectivity index is 2.64. The Morgan fingerprint density at radius 1 is 1.00 bits per heavy atom. The van der Waals surface area contributed by atoms with Gasteiger partial charge in [0.1, 0.15) is 0 Å². The summed E-state index contributed by atoms with van der Waals surface area (Å²) >= 11 is 0. The van der Waals surface area contributed by atoms with Gasteiger partial charge in [0.2, 0.25) is 0 Å². The average molecular weight is 205 g/mol. The van der Waals surface area contributed by atoms with E-state index in [1.165, 1.54) is 0 Å². The first kappa shape index (κ1) is 8.81. The maximum Gasteiger partial charge on any atom is 0.197 e. The van der Waals surface area contributed by atoms with Gasteiger partial charge in [-0.3, -0.25) is 9.97 Å². The number of nitrogens with zero attached hydrogens (tertiary/aromatic N) is 3. The molecule has 16 heavy (non-hydrogen) atoms. The first-order chi connectivity index (χ1) is 7.90. The highest BCUT2D eigenvalue weighted by Gasteiger charge is 2.06. The highest BCUT2D eigenvalue weighted by Crippen LogP contribution is 2.30. The molecule has 3 aromatic rings. The van der Waals surface area contributed by atoms with E-state index in [2.05, 4.69) is 14.8 Å². The predicted octanol–water partition coefficient (Wildman–Crippen LogP) is 3.33. The van der Waals surface area contributed by atoms with Crippen molar-refractivity contribution in [3.63, 3.8) is 0 Å². The lowest BCUT2D eigenvalue weighted by molar-refractivity contribution is 1.38. The second-order valence-corrected chi connectivity index (χ2v) is 3.48. The molecule has 0 aliphatic rings. The minimum absolute atomic E-state index is 0.628. The summed E-state index contributed by atoms with van der Waals surface area (Å²) in [6.45, 7) is 7.18. The van der Waals surface area contributed by atoms with Gasteiger partial charge in [0.15, 0.2) is 5.69 Å². The van der Waals surface area contributed by atoms with Crippen LogP contribution < -0.4 is 0 Å². The van der Waals surface area contributed by atoms with Crippen LogP contribution in [0.5, 0.6) is 0 Å². The minimum atomic E-state index is 0.628. The number of aromatic nitrogens is 2. The smallest absolute Gasteiger partial charge is 0.197 e. The summed E-state index contributed by atoms with van der Waals surface area (Å²) in [5.41, 5.74) is 2.28. The van der Waals surface area contributed by atoms with E-state index in [9.17, 15) is 0 Å². The fourth-order valence-electron chi connectivity index (χ4n) is 1.85. The van der Waals surface area contributed by atoms with E-state index in [4.69, 9.17) is 6.57 Å². The van der Waals surface area contributed by atoms with Crippen molar-refractivity contribution in [1.29, 1.82) is 0 Å². The molecule has 0 unspecified atom stereocenters.